The lowest BCUT2D eigenvalue weighted by Crippen LogP contribution is -2.15. The molecule has 0 amide bonds. The monoisotopic (exact) mass is 211 g/mol. The third-order valence-corrected chi connectivity index (χ3v) is 3.24. The van der Waals surface area contributed by atoms with E-state index in [-0.39, 0.29) is 5.41 Å². The number of benzene rings is 2. The highest BCUT2D eigenvalue weighted by atomic mass is 14.3. The Morgan fingerprint density at radius 3 is 2.25 bits per heavy atom. The molecule has 0 heteroatoms. The normalized spacial score (nSPS) is 13.9. The van der Waals surface area contributed by atoms with Gasteiger partial charge in [-0.2, -0.15) is 0 Å². The van der Waals surface area contributed by atoms with Crippen molar-refractivity contribution >= 4 is 10.8 Å². The topological polar surface area (TPSA) is 0 Å². The van der Waals surface area contributed by atoms with Crippen molar-refractivity contribution < 1.29 is 0 Å². The van der Waals surface area contributed by atoms with E-state index in [0.29, 0.717) is 5.92 Å². The summed E-state index contributed by atoms with van der Waals surface area (Å²) in [6.45, 7) is 11.1. The Morgan fingerprint density at radius 2 is 1.56 bits per heavy atom. The Bertz CT molecular complexity index is 483. The van der Waals surface area contributed by atoms with Crippen molar-refractivity contribution in [3.63, 3.8) is 0 Å². The van der Waals surface area contributed by atoms with Crippen molar-refractivity contribution in [3.05, 3.63) is 55.0 Å². The lowest BCUT2D eigenvalue weighted by atomic mass is 9.76. The molecule has 0 N–H and O–H groups in total. The van der Waals surface area contributed by atoms with E-state index in [1.54, 1.807) is 0 Å². The summed E-state index contributed by atoms with van der Waals surface area (Å²) in [5.74, 6) is 0.318. The van der Waals surface area contributed by atoms with E-state index in [0.717, 1.165) is 0 Å². The van der Waals surface area contributed by atoms with Crippen LogP contribution in [0.25, 0.3) is 10.8 Å². The van der Waals surface area contributed by atoms with Gasteiger partial charge in [0.15, 0.2) is 0 Å². The summed E-state index contributed by atoms with van der Waals surface area (Å²) >= 11 is 0. The molecule has 0 aromatic heterocycles. The van der Waals surface area contributed by atoms with Gasteiger partial charge in [-0.3, -0.25) is 0 Å². The molecule has 2 aromatic carbocycles. The fourth-order valence-electron chi connectivity index (χ4n) is 2.02. The molecule has 0 radical (unpaired) electrons. The van der Waals surface area contributed by atoms with E-state index in [9.17, 15) is 0 Å². The first kappa shape index (κ1) is 11.1. The van der Waals surface area contributed by atoms with Gasteiger partial charge in [-0.1, -0.05) is 63.2 Å². The van der Waals surface area contributed by atoms with E-state index in [1.165, 1.54) is 16.3 Å². The Morgan fingerprint density at radius 1 is 0.938 bits per heavy atom. The van der Waals surface area contributed by atoms with Gasteiger partial charge in [0, 0.05) is 11.0 Å². The van der Waals surface area contributed by atoms with Crippen LogP contribution in [0.2, 0.25) is 0 Å². The molecule has 0 aliphatic heterocycles. The van der Waals surface area contributed by atoms with E-state index in [4.69, 9.17) is 0 Å². The smallest absolute Gasteiger partial charge is 0.0616 e. The molecular weight excluding hydrogens is 192 g/mol. The minimum absolute atomic E-state index is 0.199. The van der Waals surface area contributed by atoms with Crippen molar-refractivity contribution in [3.8, 4) is 0 Å². The zero-order valence-electron chi connectivity index (χ0n) is 10.3. The summed E-state index contributed by atoms with van der Waals surface area (Å²) in [6.07, 6.45) is 0. The average molecular weight is 211 g/mol. The Labute approximate surface area is 98.3 Å². The summed E-state index contributed by atoms with van der Waals surface area (Å²) in [4.78, 5) is 0. The average Bonchev–Trinajstić information content (AvgIpc) is 2.26. The molecule has 0 saturated carbocycles. The zero-order chi connectivity index (χ0) is 11.8. The van der Waals surface area contributed by atoms with Crippen LogP contribution in [0.3, 0.4) is 0 Å². The maximum atomic E-state index is 4.33. The Kier molecular flexibility index (Phi) is 2.67. The first-order valence-electron chi connectivity index (χ1n) is 5.81. The molecule has 2 rings (SSSR count). The molecule has 1 atom stereocenters. The standard InChI is InChI=1S/C16H19/c1-12(16(2,3)4)14-11-7-9-13-8-5-6-10-15(13)14/h5-12H,1H2,2-4H3/q+1. The molecule has 0 aliphatic rings. The van der Waals surface area contributed by atoms with Crippen molar-refractivity contribution in [2.75, 3.05) is 0 Å². The summed E-state index contributed by atoms with van der Waals surface area (Å²) < 4.78 is 0. The largest absolute Gasteiger partial charge is 0.126 e. The van der Waals surface area contributed by atoms with Crippen LogP contribution in [0, 0.1) is 12.3 Å². The zero-order valence-corrected chi connectivity index (χ0v) is 10.3. The summed E-state index contributed by atoms with van der Waals surface area (Å²) in [5.41, 5.74) is 1.55. The van der Waals surface area contributed by atoms with Crippen molar-refractivity contribution in [1.29, 1.82) is 0 Å². The highest BCUT2D eigenvalue weighted by molar-refractivity contribution is 5.86. The number of fused-ring (bicyclic) bond motifs is 1. The van der Waals surface area contributed by atoms with Crippen LogP contribution in [-0.2, 0) is 0 Å². The first-order chi connectivity index (χ1) is 7.50. The van der Waals surface area contributed by atoms with Crippen molar-refractivity contribution in [2.45, 2.75) is 26.7 Å². The molecule has 0 fully saturated rings. The third kappa shape index (κ3) is 1.92. The van der Waals surface area contributed by atoms with Gasteiger partial charge in [-0.15, -0.1) is 0 Å². The fourth-order valence-corrected chi connectivity index (χ4v) is 2.02. The van der Waals surface area contributed by atoms with Gasteiger partial charge in [-0.05, 0) is 10.8 Å². The van der Waals surface area contributed by atoms with Crippen LogP contribution in [0.15, 0.2) is 42.5 Å². The molecular formula is C16H19+. The Hall–Kier alpha value is -1.43. The summed E-state index contributed by atoms with van der Waals surface area (Å²) in [7, 11) is 0. The van der Waals surface area contributed by atoms with Gasteiger partial charge < -0.3 is 0 Å². The lowest BCUT2D eigenvalue weighted by Gasteiger charge is -2.23. The van der Waals surface area contributed by atoms with Crippen molar-refractivity contribution in [1.82, 2.24) is 0 Å². The van der Waals surface area contributed by atoms with Crippen LogP contribution < -0.4 is 0 Å². The molecule has 2 aromatic rings. The number of hydrogen-bond acceptors (Lipinski definition) is 0. The van der Waals surface area contributed by atoms with Gasteiger partial charge in [0.2, 0.25) is 0 Å². The minimum Gasteiger partial charge on any atom is -0.0616 e. The summed E-state index contributed by atoms with van der Waals surface area (Å²) in [6, 6.07) is 15.0. The van der Waals surface area contributed by atoms with Crippen molar-refractivity contribution in [2.24, 2.45) is 5.41 Å². The Balaban J connectivity index is 2.61. The highest BCUT2D eigenvalue weighted by Crippen LogP contribution is 2.37. The van der Waals surface area contributed by atoms with E-state index < -0.39 is 0 Å². The number of rotatable bonds is 1. The SMILES string of the molecule is [CH2+]C(c1cccc2ccccc12)C(C)(C)C. The maximum Gasteiger partial charge on any atom is 0.126 e. The molecule has 1 unspecified atom stereocenters. The van der Waals surface area contributed by atoms with E-state index in [1.807, 2.05) is 0 Å². The molecule has 0 nitrogen and oxygen atoms in total. The second kappa shape index (κ2) is 3.86. The van der Waals surface area contributed by atoms with Gasteiger partial charge in [0.05, 0.1) is 6.92 Å². The predicted molar refractivity (Wildman–Crippen MR) is 71.5 cm³/mol. The van der Waals surface area contributed by atoms with Crippen LogP contribution in [-0.4, -0.2) is 0 Å². The second-order valence-electron chi connectivity index (χ2n) is 5.49. The van der Waals surface area contributed by atoms with Gasteiger partial charge in [0.25, 0.3) is 0 Å². The maximum absolute atomic E-state index is 4.33. The lowest BCUT2D eigenvalue weighted by molar-refractivity contribution is 0.366. The fraction of sp³-hybridized carbons (Fsp3) is 0.312. The van der Waals surface area contributed by atoms with Crippen LogP contribution >= 0.6 is 0 Å². The molecule has 0 heterocycles. The molecule has 16 heavy (non-hydrogen) atoms. The molecule has 0 bridgehead atoms. The molecule has 0 aliphatic carbocycles. The minimum atomic E-state index is 0.199. The quantitative estimate of drug-likeness (QED) is 0.594. The first-order valence-corrected chi connectivity index (χ1v) is 5.81. The predicted octanol–water partition coefficient (Wildman–Crippen LogP) is 4.80. The molecule has 0 saturated heterocycles. The van der Waals surface area contributed by atoms with Crippen LogP contribution in [0.4, 0.5) is 0 Å². The third-order valence-electron chi connectivity index (χ3n) is 3.24. The molecule has 82 valence electrons. The second-order valence-corrected chi connectivity index (χ2v) is 5.49. The number of hydrogen-bond donors (Lipinski definition) is 0. The van der Waals surface area contributed by atoms with Gasteiger partial charge >= 0.3 is 0 Å². The van der Waals surface area contributed by atoms with Crippen LogP contribution in [0.1, 0.15) is 32.3 Å². The highest BCUT2D eigenvalue weighted by Gasteiger charge is 2.28. The molecule has 0 spiro atoms. The van der Waals surface area contributed by atoms with Crippen LogP contribution in [0.5, 0.6) is 0 Å². The van der Waals surface area contributed by atoms with Gasteiger partial charge in [0.1, 0.15) is 5.92 Å². The van der Waals surface area contributed by atoms with Gasteiger partial charge in [-0.25, -0.2) is 0 Å². The van der Waals surface area contributed by atoms with E-state index in [2.05, 4.69) is 70.2 Å². The summed E-state index contributed by atoms with van der Waals surface area (Å²) in [5, 5.41) is 2.64. The van der Waals surface area contributed by atoms with E-state index >= 15 is 0 Å².